The molecule has 0 saturated carbocycles. The lowest BCUT2D eigenvalue weighted by molar-refractivity contribution is 0.0584. The number of hydrogen-bond acceptors (Lipinski definition) is 4. The Morgan fingerprint density at radius 2 is 2.08 bits per heavy atom. The number of halogens is 2. The molecule has 4 nitrogen and oxygen atoms in total. The number of amides is 1. The lowest BCUT2D eigenvalue weighted by Gasteiger charge is -2.36. The summed E-state index contributed by atoms with van der Waals surface area (Å²) < 4.78 is 26.6. The molecule has 3 saturated heterocycles. The third kappa shape index (κ3) is 3.43. The Labute approximate surface area is 149 Å². The van der Waals surface area contributed by atoms with Gasteiger partial charge in [0.25, 0.3) is 5.91 Å². The largest absolute Gasteiger partial charge is 0.334 e. The predicted octanol–water partition coefficient (Wildman–Crippen LogP) is 3.16. The van der Waals surface area contributed by atoms with E-state index in [1.807, 2.05) is 10.4 Å². The van der Waals surface area contributed by atoms with E-state index < -0.39 is 11.6 Å². The highest BCUT2D eigenvalue weighted by molar-refractivity contribution is 7.07. The first-order valence-corrected chi connectivity index (χ1v) is 9.40. The van der Waals surface area contributed by atoms with E-state index in [1.54, 1.807) is 11.3 Å². The van der Waals surface area contributed by atoms with E-state index in [0.717, 1.165) is 50.3 Å². The average molecular weight is 363 g/mol. The number of thiazole rings is 1. The molecule has 2 unspecified atom stereocenters. The molecule has 1 amide bonds. The first-order valence-electron chi connectivity index (χ1n) is 8.45. The van der Waals surface area contributed by atoms with Gasteiger partial charge in [-0.3, -0.25) is 9.69 Å². The summed E-state index contributed by atoms with van der Waals surface area (Å²) >= 11 is 1.59. The van der Waals surface area contributed by atoms with Gasteiger partial charge in [-0.1, -0.05) is 0 Å². The Morgan fingerprint density at radius 1 is 1.20 bits per heavy atom. The molecule has 1 aromatic carbocycles. The molecule has 3 aliphatic rings. The van der Waals surface area contributed by atoms with Crippen LogP contribution in [0, 0.1) is 17.6 Å². The molecule has 2 atom stereocenters. The van der Waals surface area contributed by atoms with Crippen LogP contribution in [-0.4, -0.2) is 46.4 Å². The van der Waals surface area contributed by atoms with Crippen molar-refractivity contribution >= 4 is 17.2 Å². The van der Waals surface area contributed by atoms with Crippen molar-refractivity contribution < 1.29 is 13.6 Å². The molecule has 4 heterocycles. The van der Waals surface area contributed by atoms with Crippen LogP contribution >= 0.6 is 11.3 Å². The summed E-state index contributed by atoms with van der Waals surface area (Å²) in [6.45, 7) is 3.21. The van der Waals surface area contributed by atoms with Crippen molar-refractivity contribution in [2.24, 2.45) is 5.92 Å². The van der Waals surface area contributed by atoms with Gasteiger partial charge in [0, 0.05) is 43.2 Å². The van der Waals surface area contributed by atoms with Gasteiger partial charge in [0.15, 0.2) is 11.6 Å². The second-order valence-electron chi connectivity index (χ2n) is 6.86. The summed E-state index contributed by atoms with van der Waals surface area (Å²) in [5.74, 6) is -1.70. The fourth-order valence-corrected chi connectivity index (χ4v) is 4.45. The highest BCUT2D eigenvalue weighted by atomic mass is 32.1. The summed E-state index contributed by atoms with van der Waals surface area (Å²) in [5.41, 5.74) is 3.11. The number of carbonyl (C=O) groups is 1. The van der Waals surface area contributed by atoms with Crippen LogP contribution in [0.5, 0.6) is 0 Å². The molecular weight excluding hydrogens is 344 g/mol. The van der Waals surface area contributed by atoms with Crippen molar-refractivity contribution in [1.29, 1.82) is 0 Å². The second-order valence-corrected chi connectivity index (χ2v) is 7.58. The van der Waals surface area contributed by atoms with E-state index in [1.165, 1.54) is 6.07 Å². The van der Waals surface area contributed by atoms with Crippen molar-refractivity contribution in [1.82, 2.24) is 14.8 Å². The third-order valence-electron chi connectivity index (χ3n) is 5.09. The van der Waals surface area contributed by atoms with Gasteiger partial charge in [0.05, 0.1) is 11.2 Å². The van der Waals surface area contributed by atoms with Crippen molar-refractivity contribution in [2.75, 3.05) is 19.6 Å². The van der Waals surface area contributed by atoms with Crippen LogP contribution in [0.4, 0.5) is 8.78 Å². The predicted molar refractivity (Wildman–Crippen MR) is 91.3 cm³/mol. The number of aromatic nitrogens is 1. The summed E-state index contributed by atoms with van der Waals surface area (Å²) in [4.78, 5) is 21.4. The molecule has 132 valence electrons. The smallest absolute Gasteiger partial charge is 0.254 e. The number of piperidine rings is 1. The molecule has 1 aromatic heterocycles. The molecule has 5 rings (SSSR count). The van der Waals surface area contributed by atoms with Crippen LogP contribution in [0.15, 0.2) is 29.1 Å². The van der Waals surface area contributed by atoms with Crippen LogP contribution in [-0.2, 0) is 6.54 Å². The average Bonchev–Trinajstić information content (AvgIpc) is 2.95. The molecule has 3 fully saturated rings. The zero-order chi connectivity index (χ0) is 17.4. The van der Waals surface area contributed by atoms with Gasteiger partial charge in [-0.05, 0) is 37.0 Å². The molecule has 7 heteroatoms. The van der Waals surface area contributed by atoms with Crippen LogP contribution in [0.25, 0.3) is 0 Å². The minimum absolute atomic E-state index is 0.109. The van der Waals surface area contributed by atoms with Crippen molar-refractivity contribution in [3.63, 3.8) is 0 Å². The zero-order valence-corrected chi connectivity index (χ0v) is 14.5. The van der Waals surface area contributed by atoms with Crippen LogP contribution in [0.2, 0.25) is 0 Å². The number of fused-ring (bicyclic) bond motifs is 4. The number of nitrogens with zero attached hydrogens (tertiary/aromatic N) is 3. The Hall–Kier alpha value is -1.86. The number of rotatable bonds is 3. The number of benzene rings is 1. The van der Waals surface area contributed by atoms with Gasteiger partial charge in [-0.2, -0.15) is 0 Å². The molecule has 0 aliphatic carbocycles. The van der Waals surface area contributed by atoms with E-state index in [4.69, 9.17) is 0 Å². The lowest BCUT2D eigenvalue weighted by atomic mass is 9.94. The monoisotopic (exact) mass is 363 g/mol. The summed E-state index contributed by atoms with van der Waals surface area (Å²) in [5, 5.41) is 2.05. The van der Waals surface area contributed by atoms with Crippen LogP contribution in [0.3, 0.4) is 0 Å². The van der Waals surface area contributed by atoms with Crippen molar-refractivity contribution in [3.8, 4) is 0 Å². The summed E-state index contributed by atoms with van der Waals surface area (Å²) in [7, 11) is 0. The van der Waals surface area contributed by atoms with Crippen molar-refractivity contribution in [3.05, 3.63) is 52.0 Å². The maximum atomic E-state index is 13.5. The Morgan fingerprint density at radius 3 is 2.84 bits per heavy atom. The molecule has 2 bridgehead atoms. The van der Waals surface area contributed by atoms with Crippen LogP contribution in [0.1, 0.15) is 28.9 Å². The quantitative estimate of drug-likeness (QED) is 0.841. The highest BCUT2D eigenvalue weighted by Gasteiger charge is 2.37. The molecule has 0 N–H and O–H groups in total. The normalized spacial score (nSPS) is 23.7. The SMILES string of the molecule is O=C(c1ccc(F)c(F)c1)N1CC2CCC1CN(Cc1cscn1)C2. The molecule has 3 aliphatic heterocycles. The van der Waals surface area contributed by atoms with E-state index >= 15 is 0 Å². The molecule has 2 aromatic rings. The van der Waals surface area contributed by atoms with Gasteiger partial charge >= 0.3 is 0 Å². The maximum absolute atomic E-state index is 13.5. The summed E-state index contributed by atoms with van der Waals surface area (Å²) in [6.07, 6.45) is 2.05. The molecule has 0 spiro atoms. The van der Waals surface area contributed by atoms with E-state index in [-0.39, 0.29) is 17.5 Å². The maximum Gasteiger partial charge on any atom is 0.254 e. The molecule has 25 heavy (non-hydrogen) atoms. The summed E-state index contributed by atoms with van der Waals surface area (Å²) in [6, 6.07) is 3.50. The number of hydrogen-bond donors (Lipinski definition) is 0. The lowest BCUT2D eigenvalue weighted by Crippen LogP contribution is -2.47. The highest BCUT2D eigenvalue weighted by Crippen LogP contribution is 2.30. The second kappa shape index (κ2) is 6.80. The van der Waals surface area contributed by atoms with Gasteiger partial charge in [0.2, 0.25) is 0 Å². The van der Waals surface area contributed by atoms with E-state index in [9.17, 15) is 13.6 Å². The molecular formula is C18H19F2N3OS. The minimum Gasteiger partial charge on any atom is -0.334 e. The third-order valence-corrected chi connectivity index (χ3v) is 5.72. The minimum atomic E-state index is -0.976. The van der Waals surface area contributed by atoms with Crippen molar-refractivity contribution in [2.45, 2.75) is 25.4 Å². The Kier molecular flexibility index (Phi) is 4.52. The fraction of sp³-hybridized carbons (Fsp3) is 0.444. The van der Waals surface area contributed by atoms with Gasteiger partial charge in [0.1, 0.15) is 0 Å². The topological polar surface area (TPSA) is 36.4 Å². The van der Waals surface area contributed by atoms with Gasteiger partial charge in [-0.15, -0.1) is 11.3 Å². The number of carbonyl (C=O) groups excluding carboxylic acids is 1. The zero-order valence-electron chi connectivity index (χ0n) is 13.7. The first kappa shape index (κ1) is 16.6. The first-order chi connectivity index (χ1) is 12.1. The standard InChI is InChI=1S/C18H19F2N3OS/c19-16-4-2-13(5-17(16)20)18(24)23-7-12-1-3-15(23)9-22(6-12)8-14-10-25-11-21-14/h2,4-5,10-12,15H,1,3,6-9H2. The van der Waals surface area contributed by atoms with E-state index in [0.29, 0.717) is 12.5 Å². The Bertz CT molecular complexity index is 768. The van der Waals surface area contributed by atoms with Gasteiger partial charge in [-0.25, -0.2) is 13.8 Å². The fourth-order valence-electron chi connectivity index (χ4n) is 3.90. The Balaban J connectivity index is 1.51. The van der Waals surface area contributed by atoms with Crippen LogP contribution < -0.4 is 0 Å². The molecule has 0 radical (unpaired) electrons. The van der Waals surface area contributed by atoms with E-state index in [2.05, 4.69) is 15.3 Å². The van der Waals surface area contributed by atoms with Gasteiger partial charge < -0.3 is 4.90 Å².